The minimum Gasteiger partial charge on any atom is -0.445 e. The average molecular weight is 408 g/mol. The molecule has 2 amide bonds. The Hall–Kier alpha value is -3.15. The van der Waals surface area contributed by atoms with E-state index in [2.05, 4.69) is 23.6 Å². The molecule has 6 heteroatoms. The molecule has 0 aliphatic heterocycles. The summed E-state index contributed by atoms with van der Waals surface area (Å²) >= 11 is 0. The molecule has 30 heavy (non-hydrogen) atoms. The lowest BCUT2D eigenvalue weighted by Crippen LogP contribution is -2.48. The van der Waals surface area contributed by atoms with Crippen LogP contribution in [0.3, 0.4) is 0 Å². The molecule has 2 aliphatic carbocycles. The van der Waals surface area contributed by atoms with E-state index in [4.69, 9.17) is 4.74 Å². The van der Waals surface area contributed by atoms with E-state index in [1.165, 1.54) is 24.3 Å². The smallest absolute Gasteiger partial charge is 0.407 e. The molecule has 2 unspecified atom stereocenters. The number of alkyl carbamates (subject to hydrolysis) is 1. The molecule has 2 N–H and O–H groups in total. The molecule has 0 saturated heterocycles. The molecule has 156 valence electrons. The van der Waals surface area contributed by atoms with Crippen LogP contribution in [0.5, 0.6) is 0 Å². The van der Waals surface area contributed by atoms with Gasteiger partial charge >= 0.3 is 6.09 Å². The van der Waals surface area contributed by atoms with Crippen LogP contribution in [-0.2, 0) is 11.3 Å². The van der Waals surface area contributed by atoms with Gasteiger partial charge in [-0.25, -0.2) is 9.18 Å². The third kappa shape index (κ3) is 4.22. The maximum atomic E-state index is 13.1. The van der Waals surface area contributed by atoms with E-state index in [9.17, 15) is 14.0 Å². The number of amides is 2. The topological polar surface area (TPSA) is 67.4 Å². The monoisotopic (exact) mass is 408 g/mol. The maximum Gasteiger partial charge on any atom is 0.407 e. The second kappa shape index (κ2) is 7.94. The molecule has 2 aliphatic rings. The molecule has 2 aromatic carbocycles. The number of hydrogen-bond acceptors (Lipinski definition) is 3. The van der Waals surface area contributed by atoms with Crippen molar-refractivity contribution in [2.45, 2.75) is 44.4 Å². The van der Waals surface area contributed by atoms with Crippen molar-refractivity contribution in [3.05, 3.63) is 83.7 Å². The van der Waals surface area contributed by atoms with Crippen LogP contribution < -0.4 is 10.6 Å². The molecule has 0 aromatic heterocycles. The average Bonchev–Trinajstić information content (AvgIpc) is 3.43. The molecule has 2 atom stereocenters. The van der Waals surface area contributed by atoms with Crippen LogP contribution in [0.25, 0.3) is 0 Å². The van der Waals surface area contributed by atoms with Crippen LogP contribution in [0.1, 0.15) is 42.1 Å². The Morgan fingerprint density at radius 1 is 1.10 bits per heavy atom. The lowest BCUT2D eigenvalue weighted by atomic mass is 9.78. The van der Waals surface area contributed by atoms with Gasteiger partial charge in [0.05, 0.1) is 6.04 Å². The number of hydrogen-bond donors (Lipinski definition) is 2. The Morgan fingerprint density at radius 3 is 2.47 bits per heavy atom. The predicted octanol–water partition coefficient (Wildman–Crippen LogP) is 4.35. The van der Waals surface area contributed by atoms with E-state index in [-0.39, 0.29) is 35.3 Å². The molecule has 0 radical (unpaired) electrons. The SMILES string of the molecule is CC1(C2(NC(=O)c3ccc(F)cc3)CC2)C=CC(NC(=O)OCc2ccccc2)C1. The first-order valence-electron chi connectivity index (χ1n) is 10.1. The molecule has 1 fully saturated rings. The number of nitrogens with one attached hydrogen (secondary N) is 2. The van der Waals surface area contributed by atoms with Crippen molar-refractivity contribution in [3.63, 3.8) is 0 Å². The van der Waals surface area contributed by atoms with E-state index >= 15 is 0 Å². The first-order valence-corrected chi connectivity index (χ1v) is 10.1. The van der Waals surface area contributed by atoms with Crippen molar-refractivity contribution in [2.75, 3.05) is 0 Å². The summed E-state index contributed by atoms with van der Waals surface area (Å²) in [5, 5.41) is 6.04. The zero-order valence-corrected chi connectivity index (χ0v) is 16.9. The van der Waals surface area contributed by atoms with Gasteiger partial charge in [0.1, 0.15) is 12.4 Å². The highest BCUT2D eigenvalue weighted by molar-refractivity contribution is 5.95. The summed E-state index contributed by atoms with van der Waals surface area (Å²) in [6, 6.07) is 14.9. The number of rotatable bonds is 6. The van der Waals surface area contributed by atoms with Crippen LogP contribution >= 0.6 is 0 Å². The lowest BCUT2D eigenvalue weighted by molar-refractivity contribution is 0.0887. The van der Waals surface area contributed by atoms with Crippen molar-refractivity contribution in [3.8, 4) is 0 Å². The highest BCUT2D eigenvalue weighted by atomic mass is 19.1. The summed E-state index contributed by atoms with van der Waals surface area (Å²) in [5.41, 5.74) is 0.742. The minimum absolute atomic E-state index is 0.154. The van der Waals surface area contributed by atoms with Gasteiger partial charge in [0.15, 0.2) is 0 Å². The Morgan fingerprint density at radius 2 is 1.80 bits per heavy atom. The summed E-state index contributed by atoms with van der Waals surface area (Å²) in [6.07, 6.45) is 5.99. The van der Waals surface area contributed by atoms with Crippen LogP contribution in [0.4, 0.5) is 9.18 Å². The number of ether oxygens (including phenoxy) is 1. The van der Waals surface area contributed by atoms with E-state index in [1.807, 2.05) is 36.4 Å². The summed E-state index contributed by atoms with van der Waals surface area (Å²) in [4.78, 5) is 24.8. The van der Waals surface area contributed by atoms with E-state index in [0.29, 0.717) is 12.0 Å². The lowest BCUT2D eigenvalue weighted by Gasteiger charge is -2.35. The third-order valence-electron chi connectivity index (χ3n) is 6.16. The van der Waals surface area contributed by atoms with E-state index in [1.54, 1.807) is 0 Å². The first-order chi connectivity index (χ1) is 14.4. The van der Waals surface area contributed by atoms with Crippen LogP contribution in [0.15, 0.2) is 66.7 Å². The molecule has 0 bridgehead atoms. The van der Waals surface area contributed by atoms with Gasteiger partial charge < -0.3 is 15.4 Å². The zero-order chi connectivity index (χ0) is 21.2. The predicted molar refractivity (Wildman–Crippen MR) is 111 cm³/mol. The van der Waals surface area contributed by atoms with Gasteiger partial charge in [-0.15, -0.1) is 0 Å². The Kier molecular flexibility index (Phi) is 5.33. The molecule has 2 aromatic rings. The fourth-order valence-corrected chi connectivity index (χ4v) is 4.15. The van der Waals surface area contributed by atoms with E-state index < -0.39 is 6.09 Å². The number of benzene rings is 2. The quantitative estimate of drug-likeness (QED) is 0.699. The van der Waals surface area contributed by atoms with E-state index in [0.717, 1.165) is 18.4 Å². The summed E-state index contributed by atoms with van der Waals surface area (Å²) in [6.45, 7) is 2.32. The second-order valence-corrected chi connectivity index (χ2v) is 8.34. The first kappa shape index (κ1) is 20.1. The fourth-order valence-electron chi connectivity index (χ4n) is 4.15. The summed E-state index contributed by atoms with van der Waals surface area (Å²) in [7, 11) is 0. The van der Waals surface area contributed by atoms with Gasteiger partial charge in [0.2, 0.25) is 0 Å². The van der Waals surface area contributed by atoms with Crippen LogP contribution in [-0.4, -0.2) is 23.6 Å². The highest BCUT2D eigenvalue weighted by Gasteiger charge is 2.58. The Balaban J connectivity index is 1.32. The standard InChI is InChI=1S/C24H25FN2O3/c1-23(24(13-14-24)27-21(28)18-7-9-19(25)10-8-18)12-11-20(15-23)26-22(29)30-16-17-5-3-2-4-6-17/h2-12,20H,13-16H2,1H3,(H,26,29)(H,27,28). The Labute approximate surface area is 175 Å². The normalized spacial score (nSPS) is 23.6. The fraction of sp³-hybridized carbons (Fsp3) is 0.333. The molecule has 5 nitrogen and oxygen atoms in total. The van der Waals surface area contributed by atoms with Crippen molar-refractivity contribution in [1.29, 1.82) is 0 Å². The van der Waals surface area contributed by atoms with Crippen molar-refractivity contribution >= 4 is 12.0 Å². The second-order valence-electron chi connectivity index (χ2n) is 8.34. The molecular formula is C24H25FN2O3. The minimum atomic E-state index is -0.460. The number of carbonyl (C=O) groups excluding carboxylic acids is 2. The van der Waals surface area contributed by atoms with Gasteiger partial charge in [-0.1, -0.05) is 49.4 Å². The largest absolute Gasteiger partial charge is 0.445 e. The van der Waals surface area contributed by atoms with Crippen LogP contribution in [0, 0.1) is 11.2 Å². The zero-order valence-electron chi connectivity index (χ0n) is 16.9. The van der Waals surface area contributed by atoms with Crippen molar-refractivity contribution in [2.24, 2.45) is 5.41 Å². The van der Waals surface area contributed by atoms with Gasteiger partial charge in [0.25, 0.3) is 5.91 Å². The highest BCUT2D eigenvalue weighted by Crippen LogP contribution is 2.55. The van der Waals surface area contributed by atoms with Gasteiger partial charge in [-0.05, 0) is 49.1 Å². The Bertz CT molecular complexity index is 954. The van der Waals surface area contributed by atoms with Gasteiger partial charge in [-0.3, -0.25) is 4.79 Å². The number of halogens is 1. The molecular weight excluding hydrogens is 383 g/mol. The van der Waals surface area contributed by atoms with Gasteiger partial charge in [-0.2, -0.15) is 0 Å². The van der Waals surface area contributed by atoms with Crippen molar-refractivity contribution < 1.29 is 18.7 Å². The number of carbonyl (C=O) groups is 2. The van der Waals surface area contributed by atoms with Crippen molar-refractivity contribution in [1.82, 2.24) is 10.6 Å². The molecule has 4 rings (SSSR count). The molecule has 0 spiro atoms. The summed E-state index contributed by atoms with van der Waals surface area (Å²) in [5.74, 6) is -0.577. The molecule has 1 saturated carbocycles. The maximum absolute atomic E-state index is 13.1. The van der Waals surface area contributed by atoms with Crippen LogP contribution in [0.2, 0.25) is 0 Å². The molecule has 0 heterocycles. The van der Waals surface area contributed by atoms with Gasteiger partial charge in [0, 0.05) is 16.5 Å². The third-order valence-corrected chi connectivity index (χ3v) is 6.16. The summed E-state index contributed by atoms with van der Waals surface area (Å²) < 4.78 is 18.4.